The van der Waals surface area contributed by atoms with Crippen LogP contribution in [0.1, 0.15) is 44.3 Å². The zero-order valence-electron chi connectivity index (χ0n) is 8.37. The molecule has 0 bridgehead atoms. The van der Waals surface area contributed by atoms with E-state index in [-0.39, 0.29) is 5.54 Å². The molecule has 2 aliphatic rings. The molecule has 1 fully saturated rings. The Hall–Kier alpha value is -1.12. The van der Waals surface area contributed by atoms with Crippen molar-refractivity contribution in [1.82, 2.24) is 14.8 Å². The molecule has 14 heavy (non-hydrogen) atoms. The molecule has 3 nitrogen and oxygen atoms in total. The monoisotopic (exact) mass is 189 g/mol. The number of hydrogen-bond acceptors (Lipinski definition) is 2. The minimum atomic E-state index is 0.251. The van der Waals surface area contributed by atoms with Crippen LogP contribution in [0.4, 0.5) is 0 Å². The van der Waals surface area contributed by atoms with Gasteiger partial charge < -0.3 is 0 Å². The Kier molecular flexibility index (Phi) is 1.58. The quantitative estimate of drug-likeness (QED) is 0.627. The van der Waals surface area contributed by atoms with Gasteiger partial charge in [-0.05, 0) is 18.4 Å². The second-order valence-electron chi connectivity index (χ2n) is 4.56. The first-order chi connectivity index (χ1) is 6.82. The van der Waals surface area contributed by atoms with Gasteiger partial charge in [-0.2, -0.15) is 5.10 Å². The molecule has 1 aliphatic heterocycles. The topological polar surface area (TPSA) is 30.7 Å². The van der Waals surface area contributed by atoms with E-state index in [1.165, 1.54) is 37.7 Å². The maximum atomic E-state index is 4.37. The Balaban J connectivity index is 2.07. The third-order valence-corrected chi connectivity index (χ3v) is 3.64. The normalized spacial score (nSPS) is 24.1. The molecule has 1 aromatic rings. The molecule has 2 heterocycles. The average molecular weight is 189 g/mol. The smallest absolute Gasteiger partial charge is 0.153 e. The molecular formula is C11H15N3. The van der Waals surface area contributed by atoms with Crippen LogP contribution in [0.3, 0.4) is 0 Å². The van der Waals surface area contributed by atoms with Crippen LogP contribution in [0, 0.1) is 0 Å². The fraction of sp³-hybridized carbons (Fsp3) is 0.636. The van der Waals surface area contributed by atoms with Crippen LogP contribution in [0.25, 0.3) is 5.57 Å². The van der Waals surface area contributed by atoms with Crippen LogP contribution < -0.4 is 0 Å². The molecule has 0 amide bonds. The summed E-state index contributed by atoms with van der Waals surface area (Å²) in [6, 6.07) is 0. The molecule has 0 unspecified atom stereocenters. The van der Waals surface area contributed by atoms with Crippen LogP contribution >= 0.6 is 0 Å². The molecule has 0 aromatic carbocycles. The molecule has 3 rings (SSSR count). The van der Waals surface area contributed by atoms with Crippen molar-refractivity contribution in [2.24, 2.45) is 0 Å². The van der Waals surface area contributed by atoms with Gasteiger partial charge >= 0.3 is 0 Å². The highest BCUT2D eigenvalue weighted by atomic mass is 15.4. The van der Waals surface area contributed by atoms with Gasteiger partial charge in [0.25, 0.3) is 0 Å². The number of aromatic nitrogens is 3. The molecule has 1 saturated carbocycles. The summed E-state index contributed by atoms with van der Waals surface area (Å²) in [6.07, 6.45) is 9.27. The molecule has 74 valence electrons. The van der Waals surface area contributed by atoms with E-state index in [0.717, 1.165) is 12.2 Å². The van der Waals surface area contributed by atoms with E-state index in [1.54, 1.807) is 6.33 Å². The van der Waals surface area contributed by atoms with Crippen LogP contribution in [0.5, 0.6) is 0 Å². The molecule has 0 atom stereocenters. The molecule has 1 aliphatic carbocycles. The zero-order valence-corrected chi connectivity index (χ0v) is 8.37. The third-order valence-electron chi connectivity index (χ3n) is 3.64. The van der Waals surface area contributed by atoms with E-state index >= 15 is 0 Å². The summed E-state index contributed by atoms with van der Waals surface area (Å²) >= 11 is 0. The van der Waals surface area contributed by atoms with Gasteiger partial charge in [0, 0.05) is 6.42 Å². The van der Waals surface area contributed by atoms with Crippen molar-refractivity contribution in [3.05, 3.63) is 18.7 Å². The molecule has 1 aromatic heterocycles. The van der Waals surface area contributed by atoms with Crippen LogP contribution in [0.15, 0.2) is 12.9 Å². The first kappa shape index (κ1) is 8.21. The van der Waals surface area contributed by atoms with Crippen molar-refractivity contribution in [2.45, 2.75) is 44.1 Å². The third kappa shape index (κ3) is 0.925. The minimum Gasteiger partial charge on any atom is -0.240 e. The van der Waals surface area contributed by atoms with Crippen LogP contribution in [0.2, 0.25) is 0 Å². The van der Waals surface area contributed by atoms with E-state index < -0.39 is 0 Å². The van der Waals surface area contributed by atoms with E-state index in [4.69, 9.17) is 0 Å². The highest BCUT2D eigenvalue weighted by molar-refractivity contribution is 5.61. The molecule has 0 radical (unpaired) electrons. The standard InChI is InChI=1S/C11H15N3/c1-9-7-11(5-3-2-4-6-11)14-10(9)12-8-13-14/h8H,1-7H2. The van der Waals surface area contributed by atoms with E-state index in [1.807, 2.05) is 0 Å². The second kappa shape index (κ2) is 2.69. The molecule has 1 spiro atoms. The van der Waals surface area contributed by atoms with E-state index in [2.05, 4.69) is 21.3 Å². The molecule has 0 N–H and O–H groups in total. The first-order valence-electron chi connectivity index (χ1n) is 5.40. The Bertz CT molecular complexity index is 372. The van der Waals surface area contributed by atoms with Crippen molar-refractivity contribution in [1.29, 1.82) is 0 Å². The summed E-state index contributed by atoms with van der Waals surface area (Å²) in [7, 11) is 0. The highest BCUT2D eigenvalue weighted by Crippen LogP contribution is 2.46. The van der Waals surface area contributed by atoms with Gasteiger partial charge in [-0.15, -0.1) is 0 Å². The molecule has 3 heteroatoms. The Morgan fingerprint density at radius 1 is 1.29 bits per heavy atom. The summed E-state index contributed by atoms with van der Waals surface area (Å²) < 4.78 is 2.13. The van der Waals surface area contributed by atoms with Gasteiger partial charge in [0.15, 0.2) is 5.82 Å². The summed E-state index contributed by atoms with van der Waals surface area (Å²) in [5.41, 5.74) is 1.42. The van der Waals surface area contributed by atoms with Crippen LogP contribution in [-0.2, 0) is 5.54 Å². The van der Waals surface area contributed by atoms with E-state index in [0.29, 0.717) is 0 Å². The largest absolute Gasteiger partial charge is 0.240 e. The van der Waals surface area contributed by atoms with Crippen molar-refractivity contribution < 1.29 is 0 Å². The molecular weight excluding hydrogens is 174 g/mol. The Morgan fingerprint density at radius 2 is 2.07 bits per heavy atom. The fourth-order valence-corrected chi connectivity index (χ4v) is 2.98. The number of nitrogens with zero attached hydrogens (tertiary/aromatic N) is 3. The predicted octanol–water partition coefficient (Wildman–Crippen LogP) is 2.35. The lowest BCUT2D eigenvalue weighted by molar-refractivity contribution is 0.193. The van der Waals surface area contributed by atoms with Gasteiger partial charge in [0.2, 0.25) is 0 Å². The van der Waals surface area contributed by atoms with Gasteiger partial charge in [-0.3, -0.25) is 0 Å². The van der Waals surface area contributed by atoms with Crippen LogP contribution in [-0.4, -0.2) is 14.8 Å². The van der Waals surface area contributed by atoms with Gasteiger partial charge in [-0.25, -0.2) is 9.67 Å². The first-order valence-corrected chi connectivity index (χ1v) is 5.40. The zero-order chi connectivity index (χ0) is 9.60. The lowest BCUT2D eigenvalue weighted by atomic mass is 9.80. The van der Waals surface area contributed by atoms with Crippen molar-refractivity contribution in [2.75, 3.05) is 0 Å². The Labute approximate surface area is 83.8 Å². The number of hydrogen-bond donors (Lipinski definition) is 0. The summed E-state index contributed by atoms with van der Waals surface area (Å²) in [5, 5.41) is 4.37. The van der Waals surface area contributed by atoms with Gasteiger partial charge in [-0.1, -0.05) is 25.8 Å². The van der Waals surface area contributed by atoms with Crippen molar-refractivity contribution in [3.8, 4) is 0 Å². The fourth-order valence-electron chi connectivity index (χ4n) is 2.98. The summed E-state index contributed by atoms with van der Waals surface area (Å²) in [6.45, 7) is 4.09. The second-order valence-corrected chi connectivity index (χ2v) is 4.56. The SMILES string of the molecule is C=C1CC2(CCCCC2)n2ncnc21. The van der Waals surface area contributed by atoms with Gasteiger partial charge in [0.05, 0.1) is 5.54 Å². The molecule has 0 saturated heterocycles. The number of fused-ring (bicyclic) bond motifs is 2. The predicted molar refractivity (Wildman–Crippen MR) is 54.7 cm³/mol. The maximum absolute atomic E-state index is 4.37. The van der Waals surface area contributed by atoms with Crippen molar-refractivity contribution >= 4 is 5.57 Å². The van der Waals surface area contributed by atoms with Gasteiger partial charge in [0.1, 0.15) is 6.33 Å². The number of rotatable bonds is 0. The Morgan fingerprint density at radius 3 is 2.86 bits per heavy atom. The maximum Gasteiger partial charge on any atom is 0.153 e. The van der Waals surface area contributed by atoms with Crippen molar-refractivity contribution in [3.63, 3.8) is 0 Å². The average Bonchev–Trinajstić information content (AvgIpc) is 2.74. The number of allylic oxidation sites excluding steroid dienone is 1. The lowest BCUT2D eigenvalue weighted by Gasteiger charge is -2.33. The summed E-state index contributed by atoms with van der Waals surface area (Å²) in [4.78, 5) is 4.28. The highest BCUT2D eigenvalue weighted by Gasteiger charge is 2.42. The summed E-state index contributed by atoms with van der Waals surface area (Å²) in [5.74, 6) is 1.02. The van der Waals surface area contributed by atoms with E-state index in [9.17, 15) is 0 Å². The minimum absolute atomic E-state index is 0.251. The lowest BCUT2D eigenvalue weighted by Crippen LogP contribution is -2.33.